The molecular formula is C12H16F3N3O2. The van der Waals surface area contributed by atoms with Gasteiger partial charge in [-0.3, -0.25) is 0 Å². The van der Waals surface area contributed by atoms with E-state index in [0.29, 0.717) is 12.8 Å². The van der Waals surface area contributed by atoms with E-state index < -0.39 is 29.6 Å². The lowest BCUT2D eigenvalue weighted by molar-refractivity contribution is -0.146. The van der Waals surface area contributed by atoms with Crippen LogP contribution in [0.4, 0.5) is 13.2 Å². The first-order valence-corrected chi connectivity index (χ1v) is 6.45. The Hall–Kier alpha value is -1.60. The average molecular weight is 291 g/mol. The van der Waals surface area contributed by atoms with Crippen molar-refractivity contribution in [2.75, 3.05) is 0 Å². The maximum absolute atomic E-state index is 13.1. The largest absolute Gasteiger partial charge is 0.476 e. The summed E-state index contributed by atoms with van der Waals surface area (Å²) in [4.78, 5) is 10.9. The number of aromatic nitrogens is 3. The van der Waals surface area contributed by atoms with E-state index in [1.54, 1.807) is 0 Å². The maximum Gasteiger partial charge on any atom is 0.435 e. The van der Waals surface area contributed by atoms with E-state index in [1.165, 1.54) is 0 Å². The Morgan fingerprint density at radius 2 is 1.80 bits per heavy atom. The summed E-state index contributed by atoms with van der Waals surface area (Å²) in [5.41, 5.74) is -2.28. The van der Waals surface area contributed by atoms with Crippen molar-refractivity contribution in [1.82, 2.24) is 15.0 Å². The first-order chi connectivity index (χ1) is 9.20. The van der Waals surface area contributed by atoms with Gasteiger partial charge in [0.05, 0.1) is 6.04 Å². The number of aromatic carboxylic acids is 1. The third-order valence-electron chi connectivity index (χ3n) is 3.67. The van der Waals surface area contributed by atoms with Gasteiger partial charge in [0.25, 0.3) is 0 Å². The van der Waals surface area contributed by atoms with Gasteiger partial charge in [0.1, 0.15) is 0 Å². The minimum atomic E-state index is -4.78. The molecule has 1 aromatic heterocycles. The minimum absolute atomic E-state index is 0.280. The molecule has 112 valence electrons. The predicted octanol–water partition coefficient (Wildman–Crippen LogP) is 2.99. The van der Waals surface area contributed by atoms with Crippen LogP contribution in [-0.4, -0.2) is 26.1 Å². The highest BCUT2D eigenvalue weighted by Gasteiger charge is 2.43. The summed E-state index contributed by atoms with van der Waals surface area (Å²) in [5, 5.41) is 15.5. The summed E-state index contributed by atoms with van der Waals surface area (Å²) >= 11 is 0. The Balaban J connectivity index is 2.44. The molecule has 0 spiro atoms. The van der Waals surface area contributed by atoms with Crippen molar-refractivity contribution in [3.63, 3.8) is 0 Å². The van der Waals surface area contributed by atoms with E-state index in [9.17, 15) is 18.0 Å². The van der Waals surface area contributed by atoms with Crippen LogP contribution in [0.2, 0.25) is 0 Å². The van der Waals surface area contributed by atoms with Gasteiger partial charge in [0.2, 0.25) is 5.69 Å². The third kappa shape index (κ3) is 2.78. The van der Waals surface area contributed by atoms with Crippen molar-refractivity contribution in [2.45, 2.75) is 45.3 Å². The van der Waals surface area contributed by atoms with Crippen LogP contribution in [0.5, 0.6) is 0 Å². The molecule has 0 aliphatic heterocycles. The molecule has 1 fully saturated rings. The molecule has 1 aliphatic rings. The Labute approximate surface area is 113 Å². The predicted molar refractivity (Wildman–Crippen MR) is 63.2 cm³/mol. The molecule has 1 heterocycles. The van der Waals surface area contributed by atoms with Crippen LogP contribution in [0.3, 0.4) is 0 Å². The maximum atomic E-state index is 13.1. The molecule has 1 N–H and O–H groups in total. The highest BCUT2D eigenvalue weighted by atomic mass is 19.4. The minimum Gasteiger partial charge on any atom is -0.476 e. The fourth-order valence-electron chi connectivity index (χ4n) is 3.06. The van der Waals surface area contributed by atoms with Crippen LogP contribution in [0, 0.1) is 11.8 Å². The number of carboxylic acid groups (broad SMARTS) is 1. The summed E-state index contributed by atoms with van der Waals surface area (Å²) in [7, 11) is 0. The first kappa shape index (κ1) is 14.8. The number of hydrogen-bond acceptors (Lipinski definition) is 3. The van der Waals surface area contributed by atoms with Gasteiger partial charge < -0.3 is 5.11 Å². The number of hydrogen-bond donors (Lipinski definition) is 1. The molecular weight excluding hydrogens is 275 g/mol. The molecule has 0 amide bonds. The second kappa shape index (κ2) is 5.06. The molecule has 2 atom stereocenters. The Bertz CT molecular complexity index is 503. The highest BCUT2D eigenvalue weighted by Crippen LogP contribution is 2.39. The fourth-order valence-corrected chi connectivity index (χ4v) is 3.06. The van der Waals surface area contributed by atoms with Crippen LogP contribution in [0.25, 0.3) is 0 Å². The molecule has 20 heavy (non-hydrogen) atoms. The average Bonchev–Trinajstić information content (AvgIpc) is 2.71. The summed E-state index contributed by atoms with van der Waals surface area (Å²) in [6.07, 6.45) is -2.72. The van der Waals surface area contributed by atoms with E-state index in [1.807, 2.05) is 13.8 Å². The normalized spacial score (nSPS) is 27.6. The van der Waals surface area contributed by atoms with Crippen molar-refractivity contribution in [2.24, 2.45) is 11.8 Å². The lowest BCUT2D eigenvalue weighted by atomic mass is 9.80. The van der Waals surface area contributed by atoms with Gasteiger partial charge in [0.15, 0.2) is 5.69 Å². The Morgan fingerprint density at radius 3 is 2.25 bits per heavy atom. The number of halogens is 3. The number of alkyl halides is 3. The zero-order chi connectivity index (χ0) is 15.1. The smallest absolute Gasteiger partial charge is 0.435 e. The topological polar surface area (TPSA) is 68.0 Å². The molecule has 1 saturated carbocycles. The SMILES string of the molecule is CC1CC(C)CC(n2nnc(C(=O)O)c2C(F)(F)F)C1. The van der Waals surface area contributed by atoms with Gasteiger partial charge in [-0.1, -0.05) is 19.1 Å². The second-order valence-electron chi connectivity index (χ2n) is 5.61. The zero-order valence-electron chi connectivity index (χ0n) is 11.2. The van der Waals surface area contributed by atoms with Gasteiger partial charge >= 0.3 is 12.1 Å². The number of carboxylic acids is 1. The van der Waals surface area contributed by atoms with Gasteiger partial charge in [-0.2, -0.15) is 13.2 Å². The lowest BCUT2D eigenvalue weighted by Gasteiger charge is -2.32. The summed E-state index contributed by atoms with van der Waals surface area (Å²) in [6.45, 7) is 3.95. The fraction of sp³-hybridized carbons (Fsp3) is 0.750. The Morgan fingerprint density at radius 1 is 1.25 bits per heavy atom. The number of nitrogens with zero attached hydrogens (tertiary/aromatic N) is 3. The van der Waals surface area contributed by atoms with E-state index in [2.05, 4.69) is 10.3 Å². The van der Waals surface area contributed by atoms with Crippen molar-refractivity contribution < 1.29 is 23.1 Å². The van der Waals surface area contributed by atoms with Crippen LogP contribution < -0.4 is 0 Å². The van der Waals surface area contributed by atoms with Crippen molar-refractivity contribution in [1.29, 1.82) is 0 Å². The van der Waals surface area contributed by atoms with E-state index >= 15 is 0 Å². The van der Waals surface area contributed by atoms with Crippen LogP contribution in [-0.2, 0) is 6.18 Å². The standard InChI is InChI=1S/C12H16F3N3O2/c1-6-3-7(2)5-8(4-6)18-10(12(13,14)15)9(11(19)20)16-17-18/h6-8H,3-5H2,1-2H3,(H,19,20). The first-order valence-electron chi connectivity index (χ1n) is 6.45. The molecule has 0 radical (unpaired) electrons. The molecule has 2 unspecified atom stereocenters. The van der Waals surface area contributed by atoms with Crippen molar-refractivity contribution >= 4 is 5.97 Å². The van der Waals surface area contributed by atoms with Gasteiger partial charge in [-0.25, -0.2) is 9.48 Å². The molecule has 0 bridgehead atoms. The monoisotopic (exact) mass is 291 g/mol. The molecule has 0 saturated heterocycles. The number of rotatable bonds is 2. The van der Waals surface area contributed by atoms with Gasteiger partial charge in [-0.05, 0) is 31.1 Å². The summed E-state index contributed by atoms with van der Waals surface area (Å²) in [5.74, 6) is -1.15. The quantitative estimate of drug-likeness (QED) is 0.909. The Kier molecular flexibility index (Phi) is 3.75. The van der Waals surface area contributed by atoms with Crippen LogP contribution in [0.1, 0.15) is 55.3 Å². The van der Waals surface area contributed by atoms with E-state index in [-0.39, 0.29) is 11.8 Å². The van der Waals surface area contributed by atoms with E-state index in [4.69, 9.17) is 5.11 Å². The molecule has 5 nitrogen and oxygen atoms in total. The molecule has 1 aliphatic carbocycles. The molecule has 8 heteroatoms. The number of carbonyl (C=O) groups is 1. The lowest BCUT2D eigenvalue weighted by Crippen LogP contribution is -2.27. The molecule has 1 aromatic rings. The third-order valence-corrected chi connectivity index (χ3v) is 3.67. The van der Waals surface area contributed by atoms with Gasteiger partial charge in [-0.15, -0.1) is 5.10 Å². The van der Waals surface area contributed by atoms with Crippen LogP contribution in [0.15, 0.2) is 0 Å². The van der Waals surface area contributed by atoms with E-state index in [0.717, 1.165) is 11.1 Å². The van der Waals surface area contributed by atoms with Gasteiger partial charge in [0, 0.05) is 0 Å². The summed E-state index contributed by atoms with van der Waals surface area (Å²) in [6, 6.07) is -0.453. The van der Waals surface area contributed by atoms with Crippen molar-refractivity contribution in [3.8, 4) is 0 Å². The molecule has 0 aromatic carbocycles. The van der Waals surface area contributed by atoms with Crippen LogP contribution >= 0.6 is 0 Å². The summed E-state index contributed by atoms with van der Waals surface area (Å²) < 4.78 is 40.0. The second-order valence-corrected chi connectivity index (χ2v) is 5.61. The molecule has 2 rings (SSSR count). The highest BCUT2D eigenvalue weighted by molar-refractivity contribution is 5.86. The van der Waals surface area contributed by atoms with Crippen molar-refractivity contribution in [3.05, 3.63) is 11.4 Å². The zero-order valence-corrected chi connectivity index (χ0v) is 11.2.